The van der Waals surface area contributed by atoms with Crippen LogP contribution in [0.5, 0.6) is 0 Å². The fourth-order valence-corrected chi connectivity index (χ4v) is 4.93. The molecule has 3 rings (SSSR count). The Morgan fingerprint density at radius 3 is 2.38 bits per heavy atom. The van der Waals surface area contributed by atoms with E-state index in [1.54, 1.807) is 12.1 Å². The van der Waals surface area contributed by atoms with Crippen molar-refractivity contribution in [3.63, 3.8) is 0 Å². The fourth-order valence-electron chi connectivity index (χ4n) is 3.33. The molecular weight excluding hydrogens is 432 g/mol. The van der Waals surface area contributed by atoms with Gasteiger partial charge < -0.3 is 10.1 Å². The van der Waals surface area contributed by atoms with Crippen molar-refractivity contribution < 1.29 is 27.5 Å². The van der Waals surface area contributed by atoms with Gasteiger partial charge in [-0.05, 0) is 56.2 Å². The molecule has 2 aromatic rings. The molecule has 1 aliphatic heterocycles. The van der Waals surface area contributed by atoms with Gasteiger partial charge in [0.25, 0.3) is 10.0 Å². The van der Waals surface area contributed by atoms with Crippen LogP contribution < -0.4 is 5.32 Å². The van der Waals surface area contributed by atoms with Gasteiger partial charge in [0.1, 0.15) is 6.04 Å². The minimum Gasteiger partial charge on any atom is -0.462 e. The van der Waals surface area contributed by atoms with E-state index in [1.807, 2.05) is 13.8 Å². The molecule has 1 fully saturated rings. The normalized spacial score (nSPS) is 16.1. The van der Waals surface area contributed by atoms with Gasteiger partial charge in [0.15, 0.2) is 0 Å². The second-order valence-electron chi connectivity index (χ2n) is 7.62. The monoisotopic (exact) mass is 458 g/mol. The number of carbonyl (C=O) groups excluding carboxylic acids is 3. The van der Waals surface area contributed by atoms with Gasteiger partial charge in [-0.3, -0.25) is 9.59 Å². The number of hydrogen-bond donors (Lipinski definition) is 1. The summed E-state index contributed by atoms with van der Waals surface area (Å²) in [6, 6.07) is 11.1. The van der Waals surface area contributed by atoms with Gasteiger partial charge in [-0.15, -0.1) is 0 Å². The molecule has 1 atom stereocenters. The molecule has 32 heavy (non-hydrogen) atoms. The summed E-state index contributed by atoms with van der Waals surface area (Å²) in [5.41, 5.74) is 1.61. The average molecular weight is 459 g/mol. The fraction of sp³-hybridized carbons (Fsp3) is 0.348. The first-order valence-corrected chi connectivity index (χ1v) is 11.9. The molecule has 1 aliphatic rings. The van der Waals surface area contributed by atoms with Crippen LogP contribution >= 0.6 is 0 Å². The molecule has 170 valence electrons. The van der Waals surface area contributed by atoms with E-state index in [0.717, 1.165) is 18.4 Å². The Bertz CT molecular complexity index is 1090. The zero-order valence-electron chi connectivity index (χ0n) is 18.0. The summed E-state index contributed by atoms with van der Waals surface area (Å²) in [6.45, 7) is 4.16. The lowest BCUT2D eigenvalue weighted by molar-refractivity contribution is -0.128. The first-order chi connectivity index (χ1) is 15.2. The smallest absolute Gasteiger partial charge is 0.338 e. The predicted octanol–water partition coefficient (Wildman–Crippen LogP) is 3.27. The second kappa shape index (κ2) is 9.95. The third-order valence-corrected chi connectivity index (χ3v) is 7.00. The van der Waals surface area contributed by atoms with E-state index in [2.05, 4.69) is 5.32 Å². The predicted molar refractivity (Wildman–Crippen MR) is 118 cm³/mol. The lowest BCUT2D eigenvalue weighted by Gasteiger charge is -2.23. The summed E-state index contributed by atoms with van der Waals surface area (Å²) in [6.07, 6.45) is 1.75. The van der Waals surface area contributed by atoms with Gasteiger partial charge in [0.2, 0.25) is 11.8 Å². The molecule has 0 aliphatic carbocycles. The number of rotatable bonds is 8. The molecule has 8 nitrogen and oxygen atoms in total. The molecule has 9 heteroatoms. The van der Waals surface area contributed by atoms with Crippen LogP contribution in [0.4, 0.5) is 5.69 Å². The molecule has 2 amide bonds. The highest BCUT2D eigenvalue weighted by molar-refractivity contribution is 7.89. The van der Waals surface area contributed by atoms with Crippen LogP contribution in [0.3, 0.4) is 0 Å². The SMILES string of the molecule is CCCCOC(=O)c1ccc(NC(=O)[C@@H]2CCC(=O)N2S(=O)(=O)c2ccc(C)cc2)cc1. The van der Waals surface area contributed by atoms with E-state index in [1.165, 1.54) is 36.4 Å². The molecule has 1 N–H and O–H groups in total. The summed E-state index contributed by atoms with van der Waals surface area (Å²) >= 11 is 0. The van der Waals surface area contributed by atoms with Gasteiger partial charge in [-0.1, -0.05) is 31.0 Å². The van der Waals surface area contributed by atoms with Crippen LogP contribution in [0.2, 0.25) is 0 Å². The highest BCUT2D eigenvalue weighted by atomic mass is 32.2. The van der Waals surface area contributed by atoms with Gasteiger partial charge in [0, 0.05) is 12.1 Å². The number of anilines is 1. The third-order valence-electron chi connectivity index (χ3n) is 5.16. The Hall–Kier alpha value is -3.20. The second-order valence-corrected chi connectivity index (χ2v) is 9.43. The van der Waals surface area contributed by atoms with Crippen LogP contribution in [-0.4, -0.2) is 43.2 Å². The maximum atomic E-state index is 13.0. The van der Waals surface area contributed by atoms with Crippen molar-refractivity contribution in [3.05, 3.63) is 59.7 Å². The highest BCUT2D eigenvalue weighted by Crippen LogP contribution is 2.28. The minimum atomic E-state index is -4.16. The number of sulfonamides is 1. The van der Waals surface area contributed by atoms with Gasteiger partial charge in [-0.2, -0.15) is 0 Å². The van der Waals surface area contributed by atoms with Crippen molar-refractivity contribution in [1.82, 2.24) is 4.31 Å². The quantitative estimate of drug-likeness (QED) is 0.480. The Kier molecular flexibility index (Phi) is 7.29. The summed E-state index contributed by atoms with van der Waals surface area (Å²) < 4.78 is 31.9. The summed E-state index contributed by atoms with van der Waals surface area (Å²) in [5.74, 6) is -1.67. The molecule has 0 saturated carbocycles. The van der Waals surface area contributed by atoms with Gasteiger partial charge in [-0.25, -0.2) is 17.5 Å². The van der Waals surface area contributed by atoms with E-state index in [0.29, 0.717) is 22.2 Å². The van der Waals surface area contributed by atoms with Crippen molar-refractivity contribution in [3.8, 4) is 0 Å². The summed E-state index contributed by atoms with van der Waals surface area (Å²) in [4.78, 5) is 37.2. The Labute approximate surface area is 187 Å². The van der Waals surface area contributed by atoms with E-state index in [-0.39, 0.29) is 17.7 Å². The molecule has 1 heterocycles. The van der Waals surface area contributed by atoms with Crippen molar-refractivity contribution in [2.75, 3.05) is 11.9 Å². The van der Waals surface area contributed by atoms with Crippen molar-refractivity contribution in [2.45, 2.75) is 50.5 Å². The van der Waals surface area contributed by atoms with Crippen LogP contribution in [-0.2, 0) is 24.3 Å². The van der Waals surface area contributed by atoms with Gasteiger partial charge in [0.05, 0.1) is 17.1 Å². The zero-order chi connectivity index (χ0) is 23.3. The van der Waals surface area contributed by atoms with E-state index in [9.17, 15) is 22.8 Å². The zero-order valence-corrected chi connectivity index (χ0v) is 18.9. The van der Waals surface area contributed by atoms with Crippen molar-refractivity contribution in [2.24, 2.45) is 0 Å². The average Bonchev–Trinajstić information content (AvgIpc) is 3.17. The molecule has 0 bridgehead atoms. The highest BCUT2D eigenvalue weighted by Gasteiger charge is 2.44. The lowest BCUT2D eigenvalue weighted by atomic mass is 10.2. The first-order valence-electron chi connectivity index (χ1n) is 10.5. The largest absolute Gasteiger partial charge is 0.462 e. The van der Waals surface area contributed by atoms with Crippen LogP contribution in [0.15, 0.2) is 53.4 Å². The Morgan fingerprint density at radius 1 is 1.09 bits per heavy atom. The number of benzene rings is 2. The Morgan fingerprint density at radius 2 is 1.75 bits per heavy atom. The molecule has 1 saturated heterocycles. The number of nitrogens with zero attached hydrogens (tertiary/aromatic N) is 1. The minimum absolute atomic E-state index is 0.0360. The molecule has 0 radical (unpaired) electrons. The van der Waals surface area contributed by atoms with E-state index < -0.39 is 33.8 Å². The van der Waals surface area contributed by atoms with Crippen molar-refractivity contribution >= 4 is 33.5 Å². The van der Waals surface area contributed by atoms with Gasteiger partial charge >= 0.3 is 5.97 Å². The summed E-state index contributed by atoms with van der Waals surface area (Å²) in [7, 11) is -4.16. The van der Waals surface area contributed by atoms with Crippen molar-refractivity contribution in [1.29, 1.82) is 0 Å². The molecule has 0 aromatic heterocycles. The van der Waals surface area contributed by atoms with Crippen LogP contribution in [0.25, 0.3) is 0 Å². The lowest BCUT2D eigenvalue weighted by Crippen LogP contribution is -2.45. The number of esters is 1. The molecule has 2 aromatic carbocycles. The molecular formula is C23H26N2O6S. The first kappa shape index (κ1) is 23.5. The molecule has 0 spiro atoms. The Balaban J connectivity index is 1.72. The number of carbonyl (C=O) groups is 3. The number of ether oxygens (including phenoxy) is 1. The summed E-state index contributed by atoms with van der Waals surface area (Å²) in [5, 5.41) is 2.64. The standard InChI is InChI=1S/C23H26N2O6S/c1-3-4-15-31-23(28)17-7-9-18(10-8-17)24-22(27)20-13-14-21(26)25(20)32(29,30)19-11-5-16(2)6-12-19/h5-12,20H,3-4,13-15H2,1-2H3,(H,24,27)/t20-/m0/s1. The number of aryl methyl sites for hydroxylation is 1. The number of nitrogens with one attached hydrogen (secondary N) is 1. The maximum absolute atomic E-state index is 13.0. The third kappa shape index (κ3) is 5.16. The number of hydrogen-bond acceptors (Lipinski definition) is 6. The number of unbranched alkanes of at least 4 members (excludes halogenated alkanes) is 1. The van der Waals surface area contributed by atoms with E-state index in [4.69, 9.17) is 4.74 Å². The topological polar surface area (TPSA) is 110 Å². The maximum Gasteiger partial charge on any atom is 0.338 e. The van der Waals surface area contributed by atoms with E-state index >= 15 is 0 Å². The number of amides is 2. The van der Waals surface area contributed by atoms with Crippen LogP contribution in [0, 0.1) is 6.92 Å². The van der Waals surface area contributed by atoms with Crippen LogP contribution in [0.1, 0.15) is 48.5 Å². The molecule has 0 unspecified atom stereocenters.